The second kappa shape index (κ2) is 9.15. The second-order valence-electron chi connectivity index (χ2n) is 6.83. The third-order valence-corrected chi connectivity index (χ3v) is 4.41. The zero-order chi connectivity index (χ0) is 19.1. The van der Waals surface area contributed by atoms with E-state index in [-0.39, 0.29) is 18.4 Å². The van der Waals surface area contributed by atoms with Crippen molar-refractivity contribution in [2.45, 2.75) is 27.3 Å². The molecule has 0 bridgehead atoms. The van der Waals surface area contributed by atoms with E-state index < -0.39 is 0 Å². The number of rotatable bonds is 7. The van der Waals surface area contributed by atoms with Crippen LogP contribution >= 0.6 is 0 Å². The van der Waals surface area contributed by atoms with Crippen molar-refractivity contribution in [2.75, 3.05) is 25.5 Å². The summed E-state index contributed by atoms with van der Waals surface area (Å²) >= 11 is 0. The van der Waals surface area contributed by atoms with Crippen LogP contribution in [0.15, 0.2) is 42.5 Å². The summed E-state index contributed by atoms with van der Waals surface area (Å²) in [6, 6.07) is 14.0. The van der Waals surface area contributed by atoms with Crippen LogP contribution in [-0.4, -0.2) is 32.0 Å². The van der Waals surface area contributed by atoms with Crippen LogP contribution in [0, 0.1) is 20.8 Å². The van der Waals surface area contributed by atoms with Crippen LogP contribution < -0.4 is 15.5 Å². The molecule has 0 radical (unpaired) electrons. The second-order valence-corrected chi connectivity index (χ2v) is 6.83. The lowest BCUT2D eigenvalue weighted by Crippen LogP contribution is -3.09. The van der Waals surface area contributed by atoms with Gasteiger partial charge in [-0.1, -0.05) is 42.5 Å². The molecule has 0 aliphatic heterocycles. The van der Waals surface area contributed by atoms with Gasteiger partial charge in [-0.3, -0.25) is 9.59 Å². The molecule has 0 aliphatic rings. The zero-order valence-corrected chi connectivity index (χ0v) is 16.0. The molecule has 0 spiro atoms. The number of likely N-dealkylation sites (N-methyl/N-ethyl adjacent to an activating group) is 1. The molecule has 2 aromatic rings. The minimum atomic E-state index is -0.215. The van der Waals surface area contributed by atoms with Gasteiger partial charge in [-0.15, -0.1) is 0 Å². The van der Waals surface area contributed by atoms with E-state index in [2.05, 4.69) is 29.7 Å². The van der Waals surface area contributed by atoms with Crippen LogP contribution in [0.25, 0.3) is 0 Å². The smallest absolute Gasteiger partial charge is 0.275 e. The van der Waals surface area contributed by atoms with Crippen molar-refractivity contribution < 1.29 is 14.5 Å². The lowest BCUT2D eigenvalue weighted by Gasteiger charge is -2.15. The average molecular weight is 354 g/mol. The van der Waals surface area contributed by atoms with Crippen molar-refractivity contribution in [3.05, 3.63) is 64.7 Å². The van der Waals surface area contributed by atoms with Gasteiger partial charge in [0.2, 0.25) is 5.91 Å². The van der Waals surface area contributed by atoms with Crippen LogP contribution in [0.4, 0.5) is 5.69 Å². The van der Waals surface area contributed by atoms with Gasteiger partial charge in [-0.2, -0.15) is 0 Å². The monoisotopic (exact) mass is 354 g/mol. The third kappa shape index (κ3) is 5.70. The lowest BCUT2D eigenvalue weighted by atomic mass is 10.1. The van der Waals surface area contributed by atoms with E-state index >= 15 is 0 Å². The topological polar surface area (TPSA) is 62.6 Å². The van der Waals surface area contributed by atoms with Crippen molar-refractivity contribution in [1.29, 1.82) is 0 Å². The standard InChI is InChI=1S/C21H27N3O2/c1-15-8-5-6-11-18(15)13-24(4)14-20(26)22-12-19(25)23-21-16(2)9-7-10-17(21)3/h5-11H,12-14H2,1-4H3,(H,22,26)(H,23,25)/p+1. The van der Waals surface area contributed by atoms with Crippen molar-refractivity contribution in [3.63, 3.8) is 0 Å². The highest BCUT2D eigenvalue weighted by atomic mass is 16.2. The quantitative estimate of drug-likeness (QED) is 0.703. The Morgan fingerprint density at radius 3 is 2.15 bits per heavy atom. The summed E-state index contributed by atoms with van der Waals surface area (Å²) in [5.41, 5.74) is 5.28. The molecule has 138 valence electrons. The number of quaternary nitrogens is 1. The van der Waals surface area contributed by atoms with Crippen LogP contribution in [0.3, 0.4) is 0 Å². The number of aryl methyl sites for hydroxylation is 3. The maximum absolute atomic E-state index is 12.1. The molecule has 0 aromatic heterocycles. The molecule has 0 fully saturated rings. The van der Waals surface area contributed by atoms with Gasteiger partial charge < -0.3 is 15.5 Å². The van der Waals surface area contributed by atoms with Crippen LogP contribution in [0.2, 0.25) is 0 Å². The lowest BCUT2D eigenvalue weighted by molar-refractivity contribution is -0.885. The number of anilines is 1. The first-order chi connectivity index (χ1) is 12.4. The van der Waals surface area contributed by atoms with E-state index in [0.29, 0.717) is 6.54 Å². The number of benzene rings is 2. The molecule has 5 heteroatoms. The van der Waals surface area contributed by atoms with E-state index in [1.165, 1.54) is 11.1 Å². The van der Waals surface area contributed by atoms with E-state index in [1.807, 2.05) is 51.2 Å². The van der Waals surface area contributed by atoms with Gasteiger partial charge in [-0.25, -0.2) is 0 Å². The Labute approximate surface area is 155 Å². The largest absolute Gasteiger partial charge is 0.342 e. The number of amides is 2. The summed E-state index contributed by atoms with van der Waals surface area (Å²) in [5, 5.41) is 5.58. The number of hydrogen-bond donors (Lipinski definition) is 3. The third-order valence-electron chi connectivity index (χ3n) is 4.41. The maximum Gasteiger partial charge on any atom is 0.275 e. The van der Waals surface area contributed by atoms with Gasteiger partial charge in [0.1, 0.15) is 6.54 Å². The fourth-order valence-electron chi connectivity index (χ4n) is 2.91. The Morgan fingerprint density at radius 1 is 0.885 bits per heavy atom. The first kappa shape index (κ1) is 19.7. The Kier molecular flexibility index (Phi) is 6.92. The van der Waals surface area contributed by atoms with E-state index in [0.717, 1.165) is 28.3 Å². The molecule has 0 saturated carbocycles. The Bertz CT molecular complexity index is 766. The molecule has 1 unspecified atom stereocenters. The highest BCUT2D eigenvalue weighted by Crippen LogP contribution is 2.18. The number of hydrogen-bond acceptors (Lipinski definition) is 2. The molecule has 2 aromatic carbocycles. The van der Waals surface area contributed by atoms with E-state index in [1.54, 1.807) is 0 Å². The summed E-state index contributed by atoms with van der Waals surface area (Å²) in [6.45, 7) is 7.04. The predicted molar refractivity (Wildman–Crippen MR) is 104 cm³/mol. The predicted octanol–water partition coefficient (Wildman–Crippen LogP) is 1.38. The van der Waals surface area contributed by atoms with Crippen LogP contribution in [-0.2, 0) is 16.1 Å². The highest BCUT2D eigenvalue weighted by Gasteiger charge is 2.13. The molecule has 0 heterocycles. The minimum Gasteiger partial charge on any atom is -0.342 e. The van der Waals surface area contributed by atoms with Gasteiger partial charge in [0, 0.05) is 11.3 Å². The van der Waals surface area contributed by atoms with E-state index in [4.69, 9.17) is 0 Å². The summed E-state index contributed by atoms with van der Waals surface area (Å²) in [6.07, 6.45) is 0. The molecule has 3 N–H and O–H groups in total. The fraction of sp³-hybridized carbons (Fsp3) is 0.333. The molecular weight excluding hydrogens is 326 g/mol. The Morgan fingerprint density at radius 2 is 1.50 bits per heavy atom. The molecule has 0 saturated heterocycles. The molecular formula is C21H28N3O2+. The molecule has 2 rings (SSSR count). The summed E-state index contributed by atoms with van der Waals surface area (Å²) in [5.74, 6) is -0.347. The Hall–Kier alpha value is -2.66. The highest BCUT2D eigenvalue weighted by molar-refractivity contribution is 5.95. The van der Waals surface area contributed by atoms with E-state index in [9.17, 15) is 9.59 Å². The molecule has 1 atom stereocenters. The average Bonchev–Trinajstić information content (AvgIpc) is 2.58. The van der Waals surface area contributed by atoms with Gasteiger partial charge in [-0.05, 0) is 37.5 Å². The molecule has 0 aliphatic carbocycles. The zero-order valence-electron chi connectivity index (χ0n) is 16.0. The minimum absolute atomic E-state index is 0.0236. The van der Waals surface area contributed by atoms with Crippen molar-refractivity contribution in [3.8, 4) is 0 Å². The van der Waals surface area contributed by atoms with Crippen molar-refractivity contribution >= 4 is 17.5 Å². The first-order valence-corrected chi connectivity index (χ1v) is 8.85. The number of carbonyl (C=O) groups excluding carboxylic acids is 2. The van der Waals surface area contributed by atoms with Crippen LogP contribution in [0.1, 0.15) is 22.3 Å². The van der Waals surface area contributed by atoms with Gasteiger partial charge in [0.05, 0.1) is 13.6 Å². The number of para-hydroxylation sites is 1. The van der Waals surface area contributed by atoms with Crippen LogP contribution in [0.5, 0.6) is 0 Å². The van der Waals surface area contributed by atoms with Crippen molar-refractivity contribution in [2.24, 2.45) is 0 Å². The first-order valence-electron chi connectivity index (χ1n) is 8.85. The molecule has 26 heavy (non-hydrogen) atoms. The van der Waals surface area contributed by atoms with Gasteiger partial charge >= 0.3 is 0 Å². The van der Waals surface area contributed by atoms with Crippen molar-refractivity contribution in [1.82, 2.24) is 5.32 Å². The van der Waals surface area contributed by atoms with Gasteiger partial charge in [0.15, 0.2) is 6.54 Å². The van der Waals surface area contributed by atoms with Gasteiger partial charge in [0.25, 0.3) is 5.91 Å². The number of carbonyl (C=O) groups is 2. The maximum atomic E-state index is 12.1. The summed E-state index contributed by atoms with van der Waals surface area (Å²) < 4.78 is 0. The normalized spacial score (nSPS) is 11.7. The SMILES string of the molecule is Cc1ccccc1C[NH+](C)CC(=O)NCC(=O)Nc1c(C)cccc1C. The molecule has 5 nitrogen and oxygen atoms in total. The molecule has 2 amide bonds. The number of nitrogens with one attached hydrogen (secondary N) is 3. The summed E-state index contributed by atoms with van der Waals surface area (Å²) in [7, 11) is 1.97. The summed E-state index contributed by atoms with van der Waals surface area (Å²) in [4.78, 5) is 25.3. The Balaban J connectivity index is 1.79. The fourth-order valence-corrected chi connectivity index (χ4v) is 2.91.